The molecule has 2 amide bonds. The number of carbonyl (C=O) groups excluding carboxylic acids is 1. The van der Waals surface area contributed by atoms with Crippen LogP contribution < -0.4 is 5.32 Å². The maximum absolute atomic E-state index is 12.3. The molecule has 1 heterocycles. The number of nitrogens with one attached hydrogen (secondary N) is 1. The van der Waals surface area contributed by atoms with Crippen molar-refractivity contribution >= 4 is 6.03 Å². The van der Waals surface area contributed by atoms with Crippen LogP contribution in [0.3, 0.4) is 0 Å². The number of aliphatic hydroxyl groups excluding tert-OH is 1. The van der Waals surface area contributed by atoms with E-state index in [1.807, 2.05) is 13.8 Å². The Morgan fingerprint density at radius 2 is 1.86 bits per heavy atom. The first kappa shape index (κ1) is 18.1. The number of halogens is 2. The molecule has 0 aliphatic carbocycles. The summed E-state index contributed by atoms with van der Waals surface area (Å²) < 4.78 is 24.6. The molecule has 1 aliphatic heterocycles. The van der Waals surface area contributed by atoms with Crippen LogP contribution in [-0.2, 0) is 0 Å². The van der Waals surface area contributed by atoms with E-state index in [1.165, 1.54) is 0 Å². The number of carbonyl (C=O) groups is 1. The van der Waals surface area contributed by atoms with Crippen molar-refractivity contribution in [3.63, 3.8) is 0 Å². The van der Waals surface area contributed by atoms with Crippen molar-refractivity contribution in [2.75, 3.05) is 39.3 Å². The average Bonchev–Trinajstić information content (AvgIpc) is 2.34. The molecule has 1 rings (SSSR count). The Morgan fingerprint density at radius 1 is 1.29 bits per heavy atom. The smallest absolute Gasteiger partial charge is 0.317 e. The molecule has 1 atom stereocenters. The van der Waals surface area contributed by atoms with E-state index >= 15 is 0 Å². The molecule has 0 aromatic rings. The van der Waals surface area contributed by atoms with E-state index in [-0.39, 0.29) is 18.0 Å². The summed E-state index contributed by atoms with van der Waals surface area (Å²) in [6, 6.07) is -0.162. The second-order valence-electron chi connectivity index (χ2n) is 6.55. The number of urea groups is 1. The number of alkyl halides is 2. The fourth-order valence-electron chi connectivity index (χ4n) is 2.63. The summed E-state index contributed by atoms with van der Waals surface area (Å²) in [4.78, 5) is 15.4. The van der Waals surface area contributed by atoms with Crippen LogP contribution in [0.2, 0.25) is 0 Å². The van der Waals surface area contributed by atoms with Gasteiger partial charge in [0.25, 0.3) is 6.43 Å². The van der Waals surface area contributed by atoms with Gasteiger partial charge < -0.3 is 15.3 Å². The van der Waals surface area contributed by atoms with Gasteiger partial charge in [0, 0.05) is 32.7 Å². The fourth-order valence-corrected chi connectivity index (χ4v) is 2.63. The van der Waals surface area contributed by atoms with E-state index in [4.69, 9.17) is 0 Å². The summed E-state index contributed by atoms with van der Waals surface area (Å²) in [7, 11) is 0. The molecule has 0 bridgehead atoms. The topological polar surface area (TPSA) is 55.8 Å². The maximum atomic E-state index is 12.3. The number of nitrogens with zero attached hydrogens (tertiary/aromatic N) is 2. The molecule has 5 nitrogen and oxygen atoms in total. The molecule has 1 saturated heterocycles. The third-order valence-electron chi connectivity index (χ3n) is 3.62. The van der Waals surface area contributed by atoms with E-state index < -0.39 is 12.5 Å². The minimum absolute atomic E-state index is 0.162. The standard InChI is InChI=1S/C14H27F2N3O2/c1-11(20)8-14(2,3)10-17-13(21)19-6-4-18(5-7-19)9-12(15)16/h11-12,20H,4-10H2,1-3H3,(H,17,21). The molecule has 1 unspecified atom stereocenters. The minimum Gasteiger partial charge on any atom is -0.393 e. The number of hydrogen-bond acceptors (Lipinski definition) is 3. The highest BCUT2D eigenvalue weighted by Gasteiger charge is 2.25. The number of aliphatic hydroxyl groups is 1. The lowest BCUT2D eigenvalue weighted by molar-refractivity contribution is 0.0628. The summed E-state index contributed by atoms with van der Waals surface area (Å²) >= 11 is 0. The average molecular weight is 307 g/mol. The lowest BCUT2D eigenvalue weighted by atomic mass is 9.87. The van der Waals surface area contributed by atoms with Gasteiger partial charge in [0.2, 0.25) is 0 Å². The first-order valence-corrected chi connectivity index (χ1v) is 7.41. The van der Waals surface area contributed by atoms with Gasteiger partial charge in [0.15, 0.2) is 0 Å². The van der Waals surface area contributed by atoms with Crippen molar-refractivity contribution in [2.45, 2.75) is 39.7 Å². The van der Waals surface area contributed by atoms with Crippen molar-refractivity contribution in [3.8, 4) is 0 Å². The number of amides is 2. The van der Waals surface area contributed by atoms with Crippen molar-refractivity contribution < 1.29 is 18.7 Å². The largest absolute Gasteiger partial charge is 0.393 e. The van der Waals surface area contributed by atoms with Crippen LogP contribution in [0.15, 0.2) is 0 Å². The quantitative estimate of drug-likeness (QED) is 0.779. The van der Waals surface area contributed by atoms with Gasteiger partial charge in [-0.1, -0.05) is 13.8 Å². The van der Waals surface area contributed by atoms with E-state index in [0.717, 1.165) is 0 Å². The fraction of sp³-hybridized carbons (Fsp3) is 0.929. The summed E-state index contributed by atoms with van der Waals surface area (Å²) in [6.07, 6.45) is -2.13. The summed E-state index contributed by atoms with van der Waals surface area (Å²) in [6.45, 7) is 7.85. The predicted molar refractivity (Wildman–Crippen MR) is 77.5 cm³/mol. The highest BCUT2D eigenvalue weighted by Crippen LogP contribution is 2.21. The molecule has 7 heteroatoms. The van der Waals surface area contributed by atoms with Gasteiger partial charge in [0.05, 0.1) is 12.6 Å². The van der Waals surface area contributed by atoms with Crippen LogP contribution >= 0.6 is 0 Å². The zero-order valence-electron chi connectivity index (χ0n) is 13.1. The first-order chi connectivity index (χ1) is 9.69. The van der Waals surface area contributed by atoms with Crippen molar-refractivity contribution in [2.24, 2.45) is 5.41 Å². The monoisotopic (exact) mass is 307 g/mol. The third-order valence-corrected chi connectivity index (χ3v) is 3.62. The molecular weight excluding hydrogens is 280 g/mol. The number of rotatable bonds is 6. The van der Waals surface area contributed by atoms with Crippen LogP contribution in [0.25, 0.3) is 0 Å². The van der Waals surface area contributed by atoms with Gasteiger partial charge in [-0.3, -0.25) is 4.90 Å². The van der Waals surface area contributed by atoms with Crippen molar-refractivity contribution in [1.82, 2.24) is 15.1 Å². The molecule has 0 saturated carbocycles. The van der Waals surface area contributed by atoms with E-state index in [1.54, 1.807) is 16.7 Å². The second kappa shape index (κ2) is 7.89. The van der Waals surface area contributed by atoms with Crippen LogP contribution in [0, 0.1) is 5.41 Å². The van der Waals surface area contributed by atoms with Gasteiger partial charge in [-0.15, -0.1) is 0 Å². The molecule has 1 aliphatic rings. The van der Waals surface area contributed by atoms with E-state index in [9.17, 15) is 18.7 Å². The van der Waals surface area contributed by atoms with E-state index in [2.05, 4.69) is 5.32 Å². The molecule has 0 aromatic heterocycles. The van der Waals surface area contributed by atoms with Gasteiger partial charge >= 0.3 is 6.03 Å². The highest BCUT2D eigenvalue weighted by atomic mass is 19.3. The van der Waals surface area contributed by atoms with Gasteiger partial charge in [-0.05, 0) is 18.8 Å². The Balaban J connectivity index is 2.31. The van der Waals surface area contributed by atoms with E-state index in [0.29, 0.717) is 39.1 Å². The van der Waals surface area contributed by atoms with Gasteiger partial charge in [0.1, 0.15) is 0 Å². The molecule has 0 aromatic carbocycles. The Morgan fingerprint density at radius 3 is 2.33 bits per heavy atom. The number of piperazine rings is 1. The van der Waals surface area contributed by atoms with Crippen LogP contribution in [0.5, 0.6) is 0 Å². The molecule has 1 fully saturated rings. The SMILES string of the molecule is CC(O)CC(C)(C)CNC(=O)N1CCN(CC(F)F)CC1. The van der Waals surface area contributed by atoms with Crippen LogP contribution in [0.4, 0.5) is 13.6 Å². The lowest BCUT2D eigenvalue weighted by Crippen LogP contribution is -2.53. The van der Waals surface area contributed by atoms with Crippen molar-refractivity contribution in [1.29, 1.82) is 0 Å². The second-order valence-corrected chi connectivity index (χ2v) is 6.55. The summed E-state index contributed by atoms with van der Waals surface area (Å²) in [5, 5.41) is 12.3. The van der Waals surface area contributed by atoms with Crippen LogP contribution in [0.1, 0.15) is 27.2 Å². The molecular formula is C14H27F2N3O2. The normalized spacial score (nSPS) is 18.9. The predicted octanol–water partition coefficient (Wildman–Crippen LogP) is 1.38. The Labute approximate surface area is 125 Å². The Hall–Kier alpha value is -0.950. The molecule has 21 heavy (non-hydrogen) atoms. The Kier molecular flexibility index (Phi) is 6.80. The highest BCUT2D eigenvalue weighted by molar-refractivity contribution is 5.74. The Bertz CT molecular complexity index is 330. The third kappa shape index (κ3) is 7.04. The summed E-state index contributed by atoms with van der Waals surface area (Å²) in [5.41, 5.74) is -0.179. The molecule has 0 radical (unpaired) electrons. The van der Waals surface area contributed by atoms with Crippen LogP contribution in [-0.4, -0.2) is 72.7 Å². The number of hydrogen-bond donors (Lipinski definition) is 2. The van der Waals surface area contributed by atoms with Gasteiger partial charge in [-0.2, -0.15) is 0 Å². The maximum Gasteiger partial charge on any atom is 0.317 e. The lowest BCUT2D eigenvalue weighted by Gasteiger charge is -2.35. The molecule has 0 spiro atoms. The zero-order chi connectivity index (χ0) is 16.0. The first-order valence-electron chi connectivity index (χ1n) is 7.41. The van der Waals surface area contributed by atoms with Crippen molar-refractivity contribution in [3.05, 3.63) is 0 Å². The molecule has 124 valence electrons. The summed E-state index contributed by atoms with van der Waals surface area (Å²) in [5.74, 6) is 0. The van der Waals surface area contributed by atoms with Gasteiger partial charge in [-0.25, -0.2) is 13.6 Å². The zero-order valence-corrected chi connectivity index (χ0v) is 13.1. The molecule has 2 N–H and O–H groups in total. The minimum atomic E-state index is -2.33.